The summed E-state index contributed by atoms with van der Waals surface area (Å²) >= 11 is 0. The van der Waals surface area contributed by atoms with Crippen molar-refractivity contribution in [3.63, 3.8) is 0 Å². The molecule has 26 heavy (non-hydrogen) atoms. The Labute approximate surface area is 153 Å². The Kier molecular flexibility index (Phi) is 5.64. The molecule has 1 aromatic heterocycles. The average molecular weight is 356 g/mol. The predicted octanol–water partition coefficient (Wildman–Crippen LogP) is 2.84. The van der Waals surface area contributed by atoms with Crippen LogP contribution in [0, 0.1) is 19.7 Å². The lowest BCUT2D eigenvalue weighted by Crippen LogP contribution is -2.44. The summed E-state index contributed by atoms with van der Waals surface area (Å²) < 4.78 is 14.1. The van der Waals surface area contributed by atoms with Gasteiger partial charge in [0.25, 0.3) is 5.91 Å². The van der Waals surface area contributed by atoms with Gasteiger partial charge in [-0.05, 0) is 56.3 Å². The van der Waals surface area contributed by atoms with E-state index in [0.29, 0.717) is 17.8 Å². The number of carbonyl (C=O) groups excluding carboxylic acids is 1. The Hall–Kier alpha value is -2.31. The van der Waals surface area contributed by atoms with Crippen LogP contribution in [0.1, 0.15) is 27.2 Å². The minimum atomic E-state index is -0.336. The van der Waals surface area contributed by atoms with E-state index in [1.165, 1.54) is 12.3 Å². The van der Waals surface area contributed by atoms with Gasteiger partial charge in [0.1, 0.15) is 5.82 Å². The number of piperazine rings is 1. The van der Waals surface area contributed by atoms with E-state index < -0.39 is 0 Å². The molecule has 3 rings (SSSR count). The van der Waals surface area contributed by atoms with Crippen LogP contribution in [0.15, 0.2) is 30.5 Å². The maximum Gasteiger partial charge on any atom is 0.257 e. The molecule has 5 nitrogen and oxygen atoms in total. The van der Waals surface area contributed by atoms with Crippen molar-refractivity contribution in [3.05, 3.63) is 58.7 Å². The molecule has 2 aromatic rings. The van der Waals surface area contributed by atoms with E-state index in [4.69, 9.17) is 0 Å². The Morgan fingerprint density at radius 2 is 1.92 bits per heavy atom. The van der Waals surface area contributed by atoms with Crippen molar-refractivity contribution >= 4 is 11.6 Å². The second-order valence-corrected chi connectivity index (χ2v) is 6.96. The zero-order chi connectivity index (χ0) is 18.7. The number of amides is 1. The highest BCUT2D eigenvalue weighted by Gasteiger charge is 2.17. The van der Waals surface area contributed by atoms with E-state index >= 15 is 0 Å². The zero-order valence-corrected chi connectivity index (χ0v) is 15.6. The topological polar surface area (TPSA) is 48.5 Å². The normalized spacial score (nSPS) is 15.8. The van der Waals surface area contributed by atoms with Crippen molar-refractivity contribution in [2.24, 2.45) is 0 Å². The molecule has 0 radical (unpaired) electrons. The molecule has 1 N–H and O–H groups in total. The van der Waals surface area contributed by atoms with Crippen LogP contribution in [0.4, 0.5) is 10.1 Å². The van der Waals surface area contributed by atoms with Crippen LogP contribution in [-0.4, -0.2) is 53.9 Å². The number of aromatic nitrogens is 1. The summed E-state index contributed by atoms with van der Waals surface area (Å²) in [5, 5.41) is 2.83. The molecule has 0 spiro atoms. The Morgan fingerprint density at radius 3 is 2.58 bits per heavy atom. The Morgan fingerprint density at radius 1 is 1.19 bits per heavy atom. The quantitative estimate of drug-likeness (QED) is 0.915. The van der Waals surface area contributed by atoms with E-state index in [9.17, 15) is 9.18 Å². The van der Waals surface area contributed by atoms with E-state index in [0.717, 1.165) is 43.0 Å². The van der Waals surface area contributed by atoms with E-state index in [1.54, 1.807) is 18.2 Å². The largest absolute Gasteiger partial charge is 0.322 e. The maximum absolute atomic E-state index is 14.1. The molecule has 0 unspecified atom stereocenters. The summed E-state index contributed by atoms with van der Waals surface area (Å²) in [6.07, 6.45) is 1.53. The number of nitrogens with one attached hydrogen (secondary N) is 1. The van der Waals surface area contributed by atoms with Gasteiger partial charge in [0.2, 0.25) is 0 Å². The number of aryl methyl sites for hydroxylation is 1. The number of likely N-dealkylation sites (N-methyl/N-ethyl adjacent to an activating group) is 1. The molecule has 0 saturated carbocycles. The van der Waals surface area contributed by atoms with Gasteiger partial charge in [0, 0.05) is 50.3 Å². The van der Waals surface area contributed by atoms with Crippen molar-refractivity contribution in [2.75, 3.05) is 38.5 Å². The first kappa shape index (κ1) is 18.5. The summed E-state index contributed by atoms with van der Waals surface area (Å²) in [4.78, 5) is 21.2. The number of halogens is 1. The van der Waals surface area contributed by atoms with Gasteiger partial charge in [-0.1, -0.05) is 0 Å². The minimum absolute atomic E-state index is 0.281. The van der Waals surface area contributed by atoms with Crippen molar-refractivity contribution in [1.82, 2.24) is 14.8 Å². The number of pyridine rings is 1. The standard InChI is InChI=1S/C20H25FN4O/c1-14-4-5-16(12-22-14)20(26)23-19-11-18(21)10-17(15(19)2)13-25-8-6-24(3)7-9-25/h4-5,10-12H,6-9,13H2,1-3H3,(H,23,26). The number of nitrogens with zero attached hydrogens (tertiary/aromatic N) is 3. The lowest BCUT2D eigenvalue weighted by Gasteiger charge is -2.32. The molecule has 1 fully saturated rings. The number of hydrogen-bond acceptors (Lipinski definition) is 4. The molecular weight excluding hydrogens is 331 g/mol. The summed E-state index contributed by atoms with van der Waals surface area (Å²) in [7, 11) is 2.11. The van der Waals surface area contributed by atoms with Gasteiger partial charge in [-0.25, -0.2) is 4.39 Å². The fraction of sp³-hybridized carbons (Fsp3) is 0.400. The second-order valence-electron chi connectivity index (χ2n) is 6.96. The predicted molar refractivity (Wildman–Crippen MR) is 101 cm³/mol. The lowest BCUT2D eigenvalue weighted by atomic mass is 10.0. The van der Waals surface area contributed by atoms with Crippen molar-refractivity contribution in [1.29, 1.82) is 0 Å². The molecular formula is C20H25FN4O. The van der Waals surface area contributed by atoms with E-state index in [-0.39, 0.29) is 11.7 Å². The monoisotopic (exact) mass is 356 g/mol. The van der Waals surface area contributed by atoms with Crippen molar-refractivity contribution < 1.29 is 9.18 Å². The third kappa shape index (κ3) is 4.45. The van der Waals surface area contributed by atoms with Crippen LogP contribution < -0.4 is 5.32 Å². The Balaban J connectivity index is 1.76. The van der Waals surface area contributed by atoms with Gasteiger partial charge >= 0.3 is 0 Å². The molecule has 0 atom stereocenters. The molecule has 1 aliphatic heterocycles. The minimum Gasteiger partial charge on any atom is -0.322 e. The fourth-order valence-corrected chi connectivity index (χ4v) is 3.07. The van der Waals surface area contributed by atoms with Crippen LogP contribution in [0.3, 0.4) is 0 Å². The first-order valence-corrected chi connectivity index (χ1v) is 8.86. The van der Waals surface area contributed by atoms with Crippen LogP contribution in [0.25, 0.3) is 0 Å². The van der Waals surface area contributed by atoms with Gasteiger partial charge in [-0.2, -0.15) is 0 Å². The number of anilines is 1. The van der Waals surface area contributed by atoms with Crippen LogP contribution in [-0.2, 0) is 6.54 Å². The van der Waals surface area contributed by atoms with Gasteiger partial charge in [-0.3, -0.25) is 14.7 Å². The van der Waals surface area contributed by atoms with E-state index in [2.05, 4.69) is 27.1 Å². The number of benzene rings is 1. The van der Waals surface area contributed by atoms with Gasteiger partial charge in [0.05, 0.1) is 5.56 Å². The molecule has 1 aromatic carbocycles. The van der Waals surface area contributed by atoms with Crippen molar-refractivity contribution in [3.8, 4) is 0 Å². The summed E-state index contributed by atoms with van der Waals surface area (Å²) in [6.45, 7) is 8.42. The molecule has 1 amide bonds. The average Bonchev–Trinajstić information content (AvgIpc) is 2.61. The summed E-state index contributed by atoms with van der Waals surface area (Å²) in [5.74, 6) is -0.617. The second kappa shape index (κ2) is 7.93. The number of rotatable bonds is 4. The van der Waals surface area contributed by atoms with Crippen LogP contribution in [0.2, 0.25) is 0 Å². The van der Waals surface area contributed by atoms with Crippen LogP contribution in [0.5, 0.6) is 0 Å². The summed E-state index contributed by atoms with van der Waals surface area (Å²) in [6, 6.07) is 6.45. The highest BCUT2D eigenvalue weighted by Crippen LogP contribution is 2.23. The molecule has 1 saturated heterocycles. The summed E-state index contributed by atoms with van der Waals surface area (Å²) in [5.41, 5.74) is 3.63. The first-order valence-electron chi connectivity index (χ1n) is 8.86. The van der Waals surface area contributed by atoms with Gasteiger partial charge in [0.15, 0.2) is 0 Å². The molecule has 0 bridgehead atoms. The van der Waals surface area contributed by atoms with E-state index in [1.807, 2.05) is 13.8 Å². The SMILES string of the molecule is Cc1ccc(C(=O)Nc2cc(F)cc(CN3CCN(C)CC3)c2C)cn1. The fourth-order valence-electron chi connectivity index (χ4n) is 3.07. The smallest absolute Gasteiger partial charge is 0.257 e. The third-order valence-electron chi connectivity index (χ3n) is 4.89. The Bertz CT molecular complexity index is 783. The van der Waals surface area contributed by atoms with Crippen molar-refractivity contribution in [2.45, 2.75) is 20.4 Å². The molecule has 6 heteroatoms. The number of carbonyl (C=O) groups is 1. The van der Waals surface area contributed by atoms with Crippen LogP contribution >= 0.6 is 0 Å². The van der Waals surface area contributed by atoms with Gasteiger partial charge in [-0.15, -0.1) is 0 Å². The maximum atomic E-state index is 14.1. The molecule has 1 aliphatic rings. The molecule has 138 valence electrons. The lowest BCUT2D eigenvalue weighted by molar-refractivity contribution is 0.102. The first-order chi connectivity index (χ1) is 12.4. The molecule has 0 aliphatic carbocycles. The third-order valence-corrected chi connectivity index (χ3v) is 4.89. The highest BCUT2D eigenvalue weighted by atomic mass is 19.1. The number of hydrogen-bond donors (Lipinski definition) is 1. The highest BCUT2D eigenvalue weighted by molar-refractivity contribution is 6.04. The molecule has 2 heterocycles. The van der Waals surface area contributed by atoms with Gasteiger partial charge < -0.3 is 10.2 Å². The zero-order valence-electron chi connectivity index (χ0n) is 15.6.